The van der Waals surface area contributed by atoms with Gasteiger partial charge in [0, 0.05) is 24.5 Å². The lowest BCUT2D eigenvalue weighted by Crippen LogP contribution is -2.26. The summed E-state index contributed by atoms with van der Waals surface area (Å²) >= 11 is 5.90. The second kappa shape index (κ2) is 7.02. The molecule has 122 valence electrons. The van der Waals surface area contributed by atoms with Gasteiger partial charge in [-0.25, -0.2) is 4.98 Å². The van der Waals surface area contributed by atoms with Gasteiger partial charge < -0.3 is 4.90 Å². The maximum atomic E-state index is 12.7. The lowest BCUT2D eigenvalue weighted by atomic mass is 10.1. The number of fused-ring (bicyclic) bond motifs is 1. The predicted molar refractivity (Wildman–Crippen MR) is 98.4 cm³/mol. The molecule has 0 spiro atoms. The van der Waals surface area contributed by atoms with E-state index in [1.54, 1.807) is 17.0 Å². The average Bonchev–Trinajstić information content (AvgIpc) is 2.61. The summed E-state index contributed by atoms with van der Waals surface area (Å²) in [4.78, 5) is 18.6. The third kappa shape index (κ3) is 3.57. The Labute approximate surface area is 146 Å². The minimum Gasteiger partial charge on any atom is -0.337 e. The highest BCUT2D eigenvalue weighted by molar-refractivity contribution is 6.29. The first-order chi connectivity index (χ1) is 11.6. The zero-order valence-electron chi connectivity index (χ0n) is 13.8. The van der Waals surface area contributed by atoms with Crippen LogP contribution in [0.3, 0.4) is 0 Å². The van der Waals surface area contributed by atoms with Gasteiger partial charge in [0.25, 0.3) is 5.91 Å². The lowest BCUT2D eigenvalue weighted by Gasteiger charge is -2.18. The fourth-order valence-electron chi connectivity index (χ4n) is 2.68. The standard InChI is InChI=1S/C20H19ClN2O/c1-3-14-4-6-15(7-5-14)13-23(2)20(24)17-8-10-18-16(12-17)9-11-19(21)22-18/h4-12H,3,13H2,1-2H3. The van der Waals surface area contributed by atoms with E-state index in [2.05, 4.69) is 36.2 Å². The van der Waals surface area contributed by atoms with Crippen molar-refractivity contribution in [3.8, 4) is 0 Å². The Morgan fingerprint density at radius 2 is 1.75 bits per heavy atom. The summed E-state index contributed by atoms with van der Waals surface area (Å²) in [6.45, 7) is 2.71. The first-order valence-corrected chi connectivity index (χ1v) is 8.34. The average molecular weight is 339 g/mol. The number of aryl methyl sites for hydroxylation is 1. The van der Waals surface area contributed by atoms with Gasteiger partial charge in [0.1, 0.15) is 5.15 Å². The molecule has 0 atom stereocenters. The summed E-state index contributed by atoms with van der Waals surface area (Å²) in [5, 5.41) is 1.36. The van der Waals surface area contributed by atoms with E-state index in [0.717, 1.165) is 22.9 Å². The third-order valence-corrected chi connectivity index (χ3v) is 4.31. The number of aromatic nitrogens is 1. The summed E-state index contributed by atoms with van der Waals surface area (Å²) in [5.74, 6) is -0.00795. The molecule has 2 aromatic carbocycles. The van der Waals surface area contributed by atoms with Crippen LogP contribution in [0.25, 0.3) is 10.9 Å². The van der Waals surface area contributed by atoms with Gasteiger partial charge in [-0.2, -0.15) is 0 Å². The molecule has 0 aliphatic rings. The van der Waals surface area contributed by atoms with Crippen molar-refractivity contribution in [3.63, 3.8) is 0 Å². The molecular formula is C20H19ClN2O. The lowest BCUT2D eigenvalue weighted by molar-refractivity contribution is 0.0785. The van der Waals surface area contributed by atoms with E-state index < -0.39 is 0 Å². The van der Waals surface area contributed by atoms with E-state index in [9.17, 15) is 4.79 Å². The Hall–Kier alpha value is -2.39. The van der Waals surface area contributed by atoms with Gasteiger partial charge >= 0.3 is 0 Å². The molecule has 1 heterocycles. The quantitative estimate of drug-likeness (QED) is 0.645. The van der Waals surface area contributed by atoms with Crippen LogP contribution in [0, 0.1) is 0 Å². The summed E-state index contributed by atoms with van der Waals surface area (Å²) in [6, 6.07) is 17.5. The van der Waals surface area contributed by atoms with Crippen LogP contribution < -0.4 is 0 Å². The van der Waals surface area contributed by atoms with E-state index in [0.29, 0.717) is 17.3 Å². The van der Waals surface area contributed by atoms with Crippen LogP contribution >= 0.6 is 11.6 Å². The Kier molecular flexibility index (Phi) is 4.81. The molecule has 0 bridgehead atoms. The SMILES string of the molecule is CCc1ccc(CN(C)C(=O)c2ccc3nc(Cl)ccc3c2)cc1. The van der Waals surface area contributed by atoms with Gasteiger partial charge in [-0.15, -0.1) is 0 Å². The van der Waals surface area contributed by atoms with Crippen molar-refractivity contribution in [3.05, 3.63) is 76.4 Å². The van der Waals surface area contributed by atoms with Crippen molar-refractivity contribution >= 4 is 28.4 Å². The number of benzene rings is 2. The molecule has 0 fully saturated rings. The van der Waals surface area contributed by atoms with Crippen LogP contribution in [0.4, 0.5) is 0 Å². The number of amides is 1. The molecule has 24 heavy (non-hydrogen) atoms. The topological polar surface area (TPSA) is 33.2 Å². The van der Waals surface area contributed by atoms with E-state index in [-0.39, 0.29) is 5.91 Å². The molecule has 0 radical (unpaired) electrons. The van der Waals surface area contributed by atoms with Crippen LogP contribution in [-0.4, -0.2) is 22.8 Å². The molecule has 0 aliphatic heterocycles. The van der Waals surface area contributed by atoms with Crippen molar-refractivity contribution in [2.24, 2.45) is 0 Å². The first kappa shape index (κ1) is 16.5. The second-order valence-corrected chi connectivity index (χ2v) is 6.26. The second-order valence-electron chi connectivity index (χ2n) is 5.87. The molecule has 1 aromatic heterocycles. The van der Waals surface area contributed by atoms with Gasteiger partial charge in [0.2, 0.25) is 0 Å². The minimum atomic E-state index is -0.00795. The molecule has 3 aromatic rings. The van der Waals surface area contributed by atoms with Crippen LogP contribution in [-0.2, 0) is 13.0 Å². The van der Waals surface area contributed by atoms with E-state index in [1.165, 1.54) is 5.56 Å². The Morgan fingerprint density at radius 3 is 2.46 bits per heavy atom. The Morgan fingerprint density at radius 1 is 1.04 bits per heavy atom. The van der Waals surface area contributed by atoms with Crippen LogP contribution in [0.2, 0.25) is 5.15 Å². The Balaban J connectivity index is 1.78. The Bertz CT molecular complexity index is 874. The largest absolute Gasteiger partial charge is 0.337 e. The molecule has 3 rings (SSSR count). The molecule has 0 aliphatic carbocycles. The minimum absolute atomic E-state index is 0.00795. The number of rotatable bonds is 4. The summed E-state index contributed by atoms with van der Waals surface area (Å²) in [6.07, 6.45) is 1.02. The van der Waals surface area contributed by atoms with Crippen LogP contribution in [0.1, 0.15) is 28.4 Å². The fraction of sp³-hybridized carbons (Fsp3) is 0.200. The summed E-state index contributed by atoms with van der Waals surface area (Å²) in [5.41, 5.74) is 3.86. The van der Waals surface area contributed by atoms with Gasteiger partial charge in [-0.1, -0.05) is 42.8 Å². The first-order valence-electron chi connectivity index (χ1n) is 7.96. The van der Waals surface area contributed by atoms with E-state index in [4.69, 9.17) is 11.6 Å². The van der Waals surface area contributed by atoms with Gasteiger partial charge in [-0.05, 0) is 47.9 Å². The van der Waals surface area contributed by atoms with E-state index >= 15 is 0 Å². The summed E-state index contributed by atoms with van der Waals surface area (Å²) in [7, 11) is 1.82. The number of hydrogen-bond acceptors (Lipinski definition) is 2. The monoisotopic (exact) mass is 338 g/mol. The molecular weight excluding hydrogens is 320 g/mol. The van der Waals surface area contributed by atoms with Gasteiger partial charge in [-0.3, -0.25) is 4.79 Å². The van der Waals surface area contributed by atoms with Gasteiger partial charge in [0.15, 0.2) is 0 Å². The molecule has 4 heteroatoms. The van der Waals surface area contributed by atoms with Crippen molar-refractivity contribution in [1.29, 1.82) is 0 Å². The number of pyridine rings is 1. The zero-order valence-corrected chi connectivity index (χ0v) is 14.5. The maximum absolute atomic E-state index is 12.7. The van der Waals surface area contributed by atoms with E-state index in [1.807, 2.05) is 25.2 Å². The number of hydrogen-bond donors (Lipinski definition) is 0. The summed E-state index contributed by atoms with van der Waals surface area (Å²) < 4.78 is 0. The molecule has 0 saturated carbocycles. The van der Waals surface area contributed by atoms with Crippen molar-refractivity contribution < 1.29 is 4.79 Å². The molecule has 3 nitrogen and oxygen atoms in total. The van der Waals surface area contributed by atoms with Crippen molar-refractivity contribution in [2.75, 3.05) is 7.05 Å². The van der Waals surface area contributed by atoms with Gasteiger partial charge in [0.05, 0.1) is 5.52 Å². The molecule has 0 saturated heterocycles. The zero-order chi connectivity index (χ0) is 17.1. The van der Waals surface area contributed by atoms with Crippen molar-refractivity contribution in [1.82, 2.24) is 9.88 Å². The van der Waals surface area contributed by atoms with Crippen LogP contribution in [0.15, 0.2) is 54.6 Å². The fourth-order valence-corrected chi connectivity index (χ4v) is 2.83. The highest BCUT2D eigenvalue weighted by Gasteiger charge is 2.13. The maximum Gasteiger partial charge on any atom is 0.253 e. The molecule has 0 N–H and O–H groups in total. The predicted octanol–water partition coefficient (Wildman–Crippen LogP) is 4.72. The van der Waals surface area contributed by atoms with Crippen LogP contribution in [0.5, 0.6) is 0 Å². The number of carbonyl (C=O) groups is 1. The number of carbonyl (C=O) groups excluding carboxylic acids is 1. The number of nitrogens with zero attached hydrogens (tertiary/aromatic N) is 2. The third-order valence-electron chi connectivity index (χ3n) is 4.10. The molecule has 1 amide bonds. The normalized spacial score (nSPS) is 10.8. The smallest absolute Gasteiger partial charge is 0.253 e. The number of halogens is 1. The van der Waals surface area contributed by atoms with Crippen molar-refractivity contribution in [2.45, 2.75) is 19.9 Å². The highest BCUT2D eigenvalue weighted by Crippen LogP contribution is 2.18. The highest BCUT2D eigenvalue weighted by atomic mass is 35.5. The molecule has 0 unspecified atom stereocenters.